The van der Waals surface area contributed by atoms with Gasteiger partial charge in [0.15, 0.2) is 11.5 Å². The number of methoxy groups -OCH3 is 1. The highest BCUT2D eigenvalue weighted by Crippen LogP contribution is 2.34. The average Bonchev–Trinajstić information content (AvgIpc) is 2.66. The Kier molecular flexibility index (Phi) is 7.39. The Bertz CT molecular complexity index is 1070. The number of halogens is 2. The van der Waals surface area contributed by atoms with E-state index in [2.05, 4.69) is 0 Å². The van der Waals surface area contributed by atoms with Crippen molar-refractivity contribution in [2.75, 3.05) is 7.11 Å². The average molecular weight is 486 g/mol. The van der Waals surface area contributed by atoms with Crippen molar-refractivity contribution in [3.8, 4) is 11.5 Å². The molecule has 0 saturated heterocycles. The van der Waals surface area contributed by atoms with Crippen molar-refractivity contribution < 1.29 is 22.1 Å². The molecule has 168 valence electrons. The highest BCUT2D eigenvalue weighted by molar-refractivity contribution is 7.87. The first-order valence-corrected chi connectivity index (χ1v) is 12.2. The molecule has 0 radical (unpaired) electrons. The quantitative estimate of drug-likeness (QED) is 0.473. The minimum Gasteiger partial charge on any atom is -0.493 e. The molecular formula is C22H25Cl2NO5S. The molecule has 0 N–H and O–H groups in total. The monoisotopic (exact) mass is 485 g/mol. The van der Waals surface area contributed by atoms with Gasteiger partial charge in [-0.1, -0.05) is 35.7 Å². The minimum atomic E-state index is -4.17. The summed E-state index contributed by atoms with van der Waals surface area (Å²) in [6, 6.07) is 8.95. The van der Waals surface area contributed by atoms with E-state index in [-0.39, 0.29) is 44.3 Å². The molecule has 9 heteroatoms. The highest BCUT2D eigenvalue weighted by Gasteiger charge is 2.31. The van der Waals surface area contributed by atoms with E-state index in [0.717, 1.165) is 24.8 Å². The third-order valence-electron chi connectivity index (χ3n) is 5.32. The van der Waals surface area contributed by atoms with Crippen LogP contribution in [0.5, 0.6) is 11.5 Å². The first-order valence-electron chi connectivity index (χ1n) is 9.99. The van der Waals surface area contributed by atoms with Crippen LogP contribution in [0.3, 0.4) is 0 Å². The van der Waals surface area contributed by atoms with Crippen LogP contribution in [0.4, 0.5) is 0 Å². The zero-order valence-electron chi connectivity index (χ0n) is 17.6. The van der Waals surface area contributed by atoms with Crippen molar-refractivity contribution in [1.29, 1.82) is 0 Å². The van der Waals surface area contributed by atoms with E-state index in [1.54, 1.807) is 18.2 Å². The lowest BCUT2D eigenvalue weighted by Gasteiger charge is -2.34. The molecule has 1 aliphatic carbocycles. The number of ether oxygens (including phenoxy) is 1. The number of benzene rings is 2. The topological polar surface area (TPSA) is 72.9 Å². The fourth-order valence-electron chi connectivity index (χ4n) is 3.28. The maximum Gasteiger partial charge on any atom is 0.339 e. The van der Waals surface area contributed by atoms with Crippen LogP contribution in [0, 0.1) is 5.92 Å². The van der Waals surface area contributed by atoms with E-state index in [1.165, 1.54) is 25.3 Å². The van der Waals surface area contributed by atoms with E-state index in [1.807, 2.05) is 18.7 Å². The molecule has 31 heavy (non-hydrogen) atoms. The number of carbonyl (C=O) groups excluding carboxylic acids is 1. The molecule has 2 aromatic carbocycles. The Hall–Kier alpha value is -1.96. The predicted octanol–water partition coefficient (Wildman–Crippen LogP) is 5.31. The summed E-state index contributed by atoms with van der Waals surface area (Å²) in [5.41, 5.74) is 0.738. The summed E-state index contributed by atoms with van der Waals surface area (Å²) < 4.78 is 36.2. The Balaban J connectivity index is 1.87. The van der Waals surface area contributed by atoms with Crippen molar-refractivity contribution in [1.82, 2.24) is 4.90 Å². The van der Waals surface area contributed by atoms with Gasteiger partial charge in [0.25, 0.3) is 0 Å². The molecular weight excluding hydrogens is 461 g/mol. The van der Waals surface area contributed by atoms with Gasteiger partial charge < -0.3 is 13.8 Å². The largest absolute Gasteiger partial charge is 0.493 e. The van der Waals surface area contributed by atoms with Gasteiger partial charge in [-0.2, -0.15) is 8.42 Å². The fraction of sp³-hybridized carbons (Fsp3) is 0.409. The van der Waals surface area contributed by atoms with Crippen molar-refractivity contribution in [3.63, 3.8) is 0 Å². The van der Waals surface area contributed by atoms with Gasteiger partial charge >= 0.3 is 10.1 Å². The Labute approximate surface area is 193 Å². The normalized spacial score (nSPS) is 14.3. The maximum atomic E-state index is 12.8. The minimum absolute atomic E-state index is 0.0134. The van der Waals surface area contributed by atoms with Crippen molar-refractivity contribution in [2.45, 2.75) is 50.6 Å². The second-order valence-electron chi connectivity index (χ2n) is 7.79. The van der Waals surface area contributed by atoms with Gasteiger partial charge in [-0.25, -0.2) is 0 Å². The van der Waals surface area contributed by atoms with Crippen LogP contribution >= 0.6 is 23.2 Å². The molecule has 0 spiro atoms. The second-order valence-corrected chi connectivity index (χ2v) is 10.1. The summed E-state index contributed by atoms with van der Waals surface area (Å²) in [5.74, 6) is 0.494. The lowest BCUT2D eigenvalue weighted by Crippen LogP contribution is -2.42. The van der Waals surface area contributed by atoms with E-state index in [9.17, 15) is 13.2 Å². The summed E-state index contributed by atoms with van der Waals surface area (Å²) >= 11 is 11.8. The summed E-state index contributed by atoms with van der Waals surface area (Å²) in [7, 11) is -2.75. The first kappa shape index (κ1) is 23.7. The smallest absolute Gasteiger partial charge is 0.339 e. The van der Waals surface area contributed by atoms with E-state index < -0.39 is 10.1 Å². The molecule has 3 rings (SSSR count). The third kappa shape index (κ3) is 5.45. The number of hydrogen-bond acceptors (Lipinski definition) is 5. The standard InChI is InChI=1S/C22H25Cl2NO5S/c1-14(2)25(22(26)16-5-4-6-16)13-15-7-10-20(29-3)21(11-15)30-31(27,28)17-8-9-18(23)19(24)12-17/h7-12,14,16H,4-6,13H2,1-3H3. The van der Waals surface area contributed by atoms with Crippen molar-refractivity contribution in [2.24, 2.45) is 5.92 Å². The first-order chi connectivity index (χ1) is 14.6. The van der Waals surface area contributed by atoms with Crippen molar-refractivity contribution >= 4 is 39.2 Å². The summed E-state index contributed by atoms with van der Waals surface area (Å²) in [4.78, 5) is 14.5. The lowest BCUT2D eigenvalue weighted by atomic mass is 9.84. The van der Waals surface area contributed by atoms with Crippen molar-refractivity contribution in [3.05, 3.63) is 52.0 Å². The third-order valence-corrected chi connectivity index (χ3v) is 7.29. The molecule has 0 heterocycles. The van der Waals surface area contributed by atoms with Gasteiger partial charge in [-0.05, 0) is 62.6 Å². The maximum absolute atomic E-state index is 12.8. The van der Waals surface area contributed by atoms with Crippen LogP contribution in [0.2, 0.25) is 10.0 Å². The zero-order valence-corrected chi connectivity index (χ0v) is 19.9. The predicted molar refractivity (Wildman–Crippen MR) is 120 cm³/mol. The second kappa shape index (κ2) is 9.67. The zero-order chi connectivity index (χ0) is 22.8. The van der Waals surface area contributed by atoms with Gasteiger partial charge in [-0.3, -0.25) is 4.79 Å². The molecule has 0 aromatic heterocycles. The van der Waals surface area contributed by atoms with E-state index in [4.69, 9.17) is 32.1 Å². The number of hydrogen-bond donors (Lipinski definition) is 0. The Morgan fingerprint density at radius 1 is 1.10 bits per heavy atom. The summed E-state index contributed by atoms with van der Waals surface area (Å²) in [6.07, 6.45) is 2.91. The van der Waals surface area contributed by atoms with Crippen LogP contribution in [0.25, 0.3) is 0 Å². The summed E-state index contributed by atoms with van der Waals surface area (Å²) in [5, 5.41) is 0.347. The number of carbonyl (C=O) groups is 1. The molecule has 0 unspecified atom stereocenters. The molecule has 0 aliphatic heterocycles. The van der Waals surface area contributed by atoms with Gasteiger partial charge in [0, 0.05) is 18.5 Å². The van der Waals surface area contributed by atoms with Crippen LogP contribution < -0.4 is 8.92 Å². The van der Waals surface area contributed by atoms with Gasteiger partial charge in [-0.15, -0.1) is 0 Å². The van der Waals surface area contributed by atoms with Crippen LogP contribution in [-0.4, -0.2) is 32.4 Å². The lowest BCUT2D eigenvalue weighted by molar-refractivity contribution is -0.140. The van der Waals surface area contributed by atoms with E-state index in [0.29, 0.717) is 6.54 Å². The Morgan fingerprint density at radius 3 is 2.35 bits per heavy atom. The van der Waals surface area contributed by atoms with Gasteiger partial charge in [0.05, 0.1) is 17.2 Å². The van der Waals surface area contributed by atoms with Gasteiger partial charge in [0.1, 0.15) is 4.90 Å². The number of amides is 1. The van der Waals surface area contributed by atoms with E-state index >= 15 is 0 Å². The summed E-state index contributed by atoms with van der Waals surface area (Å²) in [6.45, 7) is 4.28. The molecule has 1 amide bonds. The van der Waals surface area contributed by atoms with Crippen LogP contribution in [-0.2, 0) is 21.5 Å². The molecule has 6 nitrogen and oxygen atoms in total. The molecule has 1 fully saturated rings. The molecule has 1 saturated carbocycles. The molecule has 2 aromatic rings. The molecule has 1 aliphatic rings. The number of rotatable bonds is 8. The fourth-order valence-corrected chi connectivity index (χ4v) is 4.61. The Morgan fingerprint density at radius 2 is 1.81 bits per heavy atom. The van der Waals surface area contributed by atoms with Crippen LogP contribution in [0.1, 0.15) is 38.7 Å². The van der Waals surface area contributed by atoms with Gasteiger partial charge in [0.2, 0.25) is 5.91 Å². The SMILES string of the molecule is COc1ccc(CN(C(=O)C2CCC2)C(C)C)cc1OS(=O)(=O)c1ccc(Cl)c(Cl)c1. The van der Waals surface area contributed by atoms with Crippen LogP contribution in [0.15, 0.2) is 41.3 Å². The highest BCUT2D eigenvalue weighted by atomic mass is 35.5. The number of nitrogens with zero attached hydrogens (tertiary/aromatic N) is 1. The molecule has 0 bridgehead atoms. The molecule has 0 atom stereocenters.